The average Bonchev–Trinajstić information content (AvgIpc) is 2.87. The number of hydrogen-bond acceptors (Lipinski definition) is 4. The second kappa shape index (κ2) is 6.89. The van der Waals surface area contributed by atoms with Gasteiger partial charge < -0.3 is 19.4 Å². The number of fused-ring (bicyclic) bond motifs is 1. The van der Waals surface area contributed by atoms with E-state index in [1.165, 1.54) is 0 Å². The third-order valence-corrected chi connectivity index (χ3v) is 3.82. The highest BCUT2D eigenvalue weighted by Crippen LogP contribution is 2.15. The number of aryl methyl sites for hydroxylation is 2. The van der Waals surface area contributed by atoms with Crippen LogP contribution in [0.2, 0.25) is 0 Å². The number of rotatable bonds is 5. The van der Waals surface area contributed by atoms with Gasteiger partial charge in [-0.15, -0.1) is 0 Å². The van der Waals surface area contributed by atoms with E-state index in [-0.39, 0.29) is 12.0 Å². The molecule has 0 radical (unpaired) electrons. The Hall–Kier alpha value is -1.92. The molecule has 22 heavy (non-hydrogen) atoms. The van der Waals surface area contributed by atoms with Crippen LogP contribution in [0.5, 0.6) is 0 Å². The van der Waals surface area contributed by atoms with Crippen molar-refractivity contribution in [3.63, 3.8) is 0 Å². The average molecular weight is 303 g/mol. The number of nitrogens with one attached hydrogen (secondary N) is 1. The van der Waals surface area contributed by atoms with Gasteiger partial charge in [-0.1, -0.05) is 12.1 Å². The van der Waals surface area contributed by atoms with Crippen molar-refractivity contribution in [1.82, 2.24) is 14.9 Å². The number of nitrogens with zero attached hydrogens (tertiary/aromatic N) is 2. The number of para-hydroxylation sites is 2. The fourth-order valence-electron chi connectivity index (χ4n) is 2.66. The highest BCUT2D eigenvalue weighted by molar-refractivity contribution is 5.78. The smallest absolute Gasteiger partial charge is 0.221 e. The third kappa shape index (κ3) is 3.45. The van der Waals surface area contributed by atoms with Gasteiger partial charge in [0.25, 0.3) is 0 Å². The lowest BCUT2D eigenvalue weighted by Gasteiger charge is -2.23. The van der Waals surface area contributed by atoms with Crippen molar-refractivity contribution >= 4 is 16.9 Å². The summed E-state index contributed by atoms with van der Waals surface area (Å²) in [5.41, 5.74) is 2.03. The van der Waals surface area contributed by atoms with Crippen LogP contribution in [0.4, 0.5) is 0 Å². The molecule has 1 fully saturated rings. The van der Waals surface area contributed by atoms with E-state index in [1.54, 1.807) is 0 Å². The van der Waals surface area contributed by atoms with Crippen molar-refractivity contribution in [2.75, 3.05) is 26.4 Å². The molecule has 3 rings (SSSR count). The molecule has 0 aliphatic carbocycles. The molecular weight excluding hydrogens is 282 g/mol. The molecule has 1 atom stereocenters. The molecule has 1 amide bonds. The Morgan fingerprint density at radius 2 is 2.27 bits per heavy atom. The minimum absolute atomic E-state index is 0.0198. The Morgan fingerprint density at radius 1 is 1.41 bits per heavy atom. The van der Waals surface area contributed by atoms with Gasteiger partial charge in [0.05, 0.1) is 37.0 Å². The number of carbonyl (C=O) groups excluding carboxylic acids is 1. The van der Waals surface area contributed by atoms with Crippen LogP contribution in [-0.4, -0.2) is 47.9 Å². The highest BCUT2D eigenvalue weighted by Gasteiger charge is 2.15. The van der Waals surface area contributed by atoms with Gasteiger partial charge in [-0.05, 0) is 19.1 Å². The number of hydrogen-bond donors (Lipinski definition) is 1. The van der Waals surface area contributed by atoms with Crippen LogP contribution in [0.15, 0.2) is 24.3 Å². The first kappa shape index (κ1) is 15.0. The van der Waals surface area contributed by atoms with Gasteiger partial charge in [-0.25, -0.2) is 4.98 Å². The fraction of sp³-hybridized carbons (Fsp3) is 0.500. The number of ether oxygens (including phenoxy) is 2. The zero-order valence-electron chi connectivity index (χ0n) is 12.7. The van der Waals surface area contributed by atoms with Crippen molar-refractivity contribution in [2.24, 2.45) is 0 Å². The van der Waals surface area contributed by atoms with Crippen molar-refractivity contribution in [2.45, 2.75) is 26.0 Å². The van der Waals surface area contributed by atoms with Crippen molar-refractivity contribution in [3.05, 3.63) is 30.1 Å². The molecule has 1 N–H and O–H groups in total. The third-order valence-electron chi connectivity index (χ3n) is 3.82. The number of carbonyl (C=O) groups is 1. The minimum Gasteiger partial charge on any atom is -0.376 e. The molecule has 1 aliphatic rings. The van der Waals surface area contributed by atoms with Crippen LogP contribution in [0.3, 0.4) is 0 Å². The zero-order chi connectivity index (χ0) is 15.4. The Labute approximate surface area is 129 Å². The van der Waals surface area contributed by atoms with Gasteiger partial charge in [0.1, 0.15) is 5.82 Å². The molecule has 1 aromatic carbocycles. The first-order valence-electron chi connectivity index (χ1n) is 7.62. The molecule has 0 unspecified atom stereocenters. The van der Waals surface area contributed by atoms with Gasteiger partial charge in [0, 0.05) is 19.5 Å². The van der Waals surface area contributed by atoms with Crippen LogP contribution < -0.4 is 5.32 Å². The summed E-state index contributed by atoms with van der Waals surface area (Å²) >= 11 is 0. The van der Waals surface area contributed by atoms with Crippen LogP contribution in [0, 0.1) is 6.92 Å². The maximum absolute atomic E-state index is 12.0. The summed E-state index contributed by atoms with van der Waals surface area (Å²) in [6.07, 6.45) is 0.392. The Morgan fingerprint density at radius 3 is 3.09 bits per heavy atom. The predicted octanol–water partition coefficient (Wildman–Crippen LogP) is 1.27. The molecule has 1 aliphatic heterocycles. The lowest BCUT2D eigenvalue weighted by atomic mass is 10.3. The van der Waals surface area contributed by atoms with E-state index in [9.17, 15) is 4.79 Å². The SMILES string of the molecule is Cc1nc2ccccc2n1CCC(=O)NC[C@H]1COCCO1. The molecule has 1 aromatic heterocycles. The normalized spacial score (nSPS) is 18.5. The highest BCUT2D eigenvalue weighted by atomic mass is 16.6. The van der Waals surface area contributed by atoms with Crippen LogP contribution >= 0.6 is 0 Å². The number of amides is 1. The molecule has 0 spiro atoms. The largest absolute Gasteiger partial charge is 0.376 e. The lowest BCUT2D eigenvalue weighted by molar-refractivity contribution is -0.124. The summed E-state index contributed by atoms with van der Waals surface area (Å²) in [5.74, 6) is 0.948. The quantitative estimate of drug-likeness (QED) is 0.903. The maximum Gasteiger partial charge on any atom is 0.221 e. The molecule has 6 nitrogen and oxygen atoms in total. The maximum atomic E-state index is 12.0. The monoisotopic (exact) mass is 303 g/mol. The van der Waals surface area contributed by atoms with Crippen molar-refractivity contribution < 1.29 is 14.3 Å². The topological polar surface area (TPSA) is 65.4 Å². The standard InChI is InChI=1S/C16H21N3O3/c1-12-18-14-4-2-3-5-15(14)19(12)7-6-16(20)17-10-13-11-21-8-9-22-13/h2-5,13H,6-11H2,1H3,(H,17,20)/t13-/m0/s1. The van der Waals surface area contributed by atoms with E-state index in [0.29, 0.717) is 39.3 Å². The van der Waals surface area contributed by atoms with E-state index in [4.69, 9.17) is 9.47 Å². The Kier molecular flexibility index (Phi) is 4.70. The van der Waals surface area contributed by atoms with Crippen LogP contribution in [-0.2, 0) is 20.8 Å². The van der Waals surface area contributed by atoms with E-state index in [2.05, 4.69) is 14.9 Å². The van der Waals surface area contributed by atoms with Gasteiger partial charge in [0.2, 0.25) is 5.91 Å². The number of benzene rings is 1. The fourth-order valence-corrected chi connectivity index (χ4v) is 2.66. The molecule has 2 heterocycles. The minimum atomic E-state index is -0.0338. The van der Waals surface area contributed by atoms with E-state index >= 15 is 0 Å². The summed E-state index contributed by atoms with van der Waals surface area (Å²) in [5, 5.41) is 2.90. The predicted molar refractivity (Wildman–Crippen MR) is 82.7 cm³/mol. The molecule has 1 saturated heterocycles. The van der Waals surface area contributed by atoms with Gasteiger partial charge in [-0.2, -0.15) is 0 Å². The van der Waals surface area contributed by atoms with E-state index in [1.807, 2.05) is 31.2 Å². The summed E-state index contributed by atoms with van der Waals surface area (Å²) in [6.45, 7) is 4.87. The molecule has 0 saturated carbocycles. The summed E-state index contributed by atoms with van der Waals surface area (Å²) in [7, 11) is 0. The summed E-state index contributed by atoms with van der Waals surface area (Å²) in [4.78, 5) is 16.5. The number of imidazole rings is 1. The Balaban J connectivity index is 1.52. The zero-order valence-corrected chi connectivity index (χ0v) is 12.7. The Bertz CT molecular complexity index is 647. The molecular formula is C16H21N3O3. The van der Waals surface area contributed by atoms with Crippen LogP contribution in [0.25, 0.3) is 11.0 Å². The van der Waals surface area contributed by atoms with Gasteiger partial charge in [0.15, 0.2) is 0 Å². The second-order valence-corrected chi connectivity index (χ2v) is 5.42. The molecule has 6 heteroatoms. The van der Waals surface area contributed by atoms with E-state index in [0.717, 1.165) is 16.9 Å². The number of aromatic nitrogens is 2. The molecule has 0 bridgehead atoms. The first-order valence-corrected chi connectivity index (χ1v) is 7.62. The van der Waals surface area contributed by atoms with Crippen LogP contribution in [0.1, 0.15) is 12.2 Å². The second-order valence-electron chi connectivity index (χ2n) is 5.42. The van der Waals surface area contributed by atoms with Gasteiger partial charge >= 0.3 is 0 Å². The lowest BCUT2D eigenvalue weighted by Crippen LogP contribution is -2.39. The molecule has 118 valence electrons. The molecule has 2 aromatic rings. The summed E-state index contributed by atoms with van der Waals surface area (Å²) in [6, 6.07) is 7.97. The van der Waals surface area contributed by atoms with Gasteiger partial charge in [-0.3, -0.25) is 4.79 Å². The van der Waals surface area contributed by atoms with Crippen molar-refractivity contribution in [1.29, 1.82) is 0 Å². The van der Waals surface area contributed by atoms with Crippen molar-refractivity contribution in [3.8, 4) is 0 Å². The van der Waals surface area contributed by atoms with E-state index < -0.39 is 0 Å². The first-order chi connectivity index (χ1) is 10.7. The summed E-state index contributed by atoms with van der Waals surface area (Å²) < 4.78 is 12.9.